The number of nitrogens with zero attached hydrogens (tertiary/aromatic N) is 3. The highest BCUT2D eigenvalue weighted by Gasteiger charge is 2.85. The maximum Gasteiger partial charge on any atom is 0.408 e. The van der Waals surface area contributed by atoms with Crippen molar-refractivity contribution in [2.45, 2.75) is 76.8 Å². The van der Waals surface area contributed by atoms with Gasteiger partial charge in [-0.1, -0.05) is 76.6 Å². The summed E-state index contributed by atoms with van der Waals surface area (Å²) in [6.45, 7) is 10.8. The average Bonchev–Trinajstić information content (AvgIpc) is 3.63. The molecule has 2 heterocycles. The molecule has 1 aliphatic heterocycles. The summed E-state index contributed by atoms with van der Waals surface area (Å²) in [6.07, 6.45) is 0.773. The number of carbonyl (C=O) groups excluding carboxylic acids is 4. The Balaban J connectivity index is 1.27. The zero-order valence-electron chi connectivity index (χ0n) is 27.4. The van der Waals surface area contributed by atoms with E-state index in [9.17, 15) is 19.2 Å². The van der Waals surface area contributed by atoms with Gasteiger partial charge in [0.25, 0.3) is 0 Å². The number of likely N-dealkylation sites (tertiary alicyclic amines) is 1. The molecule has 10 nitrogen and oxygen atoms in total. The molecule has 1 saturated heterocycles. The molecule has 3 amide bonds. The van der Waals surface area contributed by atoms with Crippen LogP contribution in [-0.2, 0) is 19.1 Å². The second-order valence-corrected chi connectivity index (χ2v) is 15.2. The topological polar surface area (TPSA) is 132 Å². The summed E-state index contributed by atoms with van der Waals surface area (Å²) < 4.78 is 9.60. The van der Waals surface area contributed by atoms with Gasteiger partial charge in [0.05, 0.1) is 16.7 Å². The number of imide groups is 1. The molecule has 3 aliphatic rings. The Kier molecular flexibility index (Phi) is 8.05. The van der Waals surface area contributed by atoms with Crippen LogP contribution in [0.5, 0.6) is 0 Å². The molecule has 0 radical (unpaired) electrons. The molecular weight excluding hydrogens is 664 g/mol. The van der Waals surface area contributed by atoms with Crippen LogP contribution in [0.3, 0.4) is 0 Å². The number of aryl methyl sites for hydroxylation is 1. The van der Waals surface area contributed by atoms with Crippen molar-refractivity contribution in [3.05, 3.63) is 83.6 Å². The minimum atomic E-state index is -1.44. The van der Waals surface area contributed by atoms with Crippen LogP contribution in [0.4, 0.5) is 4.79 Å². The summed E-state index contributed by atoms with van der Waals surface area (Å²) in [6, 6.07) is 18.7. The number of allylic oxidation sites excluding steroid dienone is 2. The lowest BCUT2D eigenvalue weighted by Crippen LogP contribution is -2.50. The molecule has 2 aliphatic carbocycles. The lowest BCUT2D eigenvalue weighted by Gasteiger charge is -2.41. The van der Waals surface area contributed by atoms with E-state index < -0.39 is 44.7 Å². The van der Waals surface area contributed by atoms with Crippen LogP contribution in [0.25, 0.3) is 11.1 Å². The number of aromatic nitrogens is 2. The maximum atomic E-state index is 14.6. The van der Waals surface area contributed by atoms with Gasteiger partial charge < -0.3 is 14.5 Å². The number of hydrogen-bond acceptors (Lipinski definition) is 8. The van der Waals surface area contributed by atoms with Crippen molar-refractivity contribution in [1.29, 1.82) is 0 Å². The summed E-state index contributed by atoms with van der Waals surface area (Å²) in [5.41, 5.74) is 0.0669. The van der Waals surface area contributed by atoms with Gasteiger partial charge >= 0.3 is 6.09 Å². The molecule has 246 valence electrons. The van der Waals surface area contributed by atoms with E-state index in [1.54, 1.807) is 27.7 Å². The zero-order chi connectivity index (χ0) is 33.9. The van der Waals surface area contributed by atoms with Gasteiger partial charge in [-0.25, -0.2) is 4.79 Å². The first-order valence-corrected chi connectivity index (χ1v) is 16.7. The van der Waals surface area contributed by atoms with Crippen LogP contribution in [0.2, 0.25) is 0 Å². The third-order valence-electron chi connectivity index (χ3n) is 9.75. The molecule has 5 unspecified atom stereocenters. The van der Waals surface area contributed by atoms with Gasteiger partial charge in [0.15, 0.2) is 5.78 Å². The second-order valence-electron chi connectivity index (χ2n) is 13.9. The van der Waals surface area contributed by atoms with Gasteiger partial charge in [0, 0.05) is 13.5 Å². The van der Waals surface area contributed by atoms with Crippen LogP contribution in [0.15, 0.2) is 65.1 Å². The molecule has 0 spiro atoms. The van der Waals surface area contributed by atoms with E-state index in [4.69, 9.17) is 9.15 Å². The van der Waals surface area contributed by atoms with E-state index in [1.165, 1.54) is 4.90 Å². The van der Waals surface area contributed by atoms with Gasteiger partial charge in [-0.3, -0.25) is 19.3 Å². The fraction of sp³-hybridized carbons (Fsp3) is 0.444. The molecule has 1 saturated carbocycles. The number of amides is 3. The van der Waals surface area contributed by atoms with Gasteiger partial charge in [-0.15, -0.1) is 10.2 Å². The molecular formula is C36H39BrN4O6. The van der Waals surface area contributed by atoms with Gasteiger partial charge in [0.2, 0.25) is 23.6 Å². The van der Waals surface area contributed by atoms with Crippen LogP contribution in [0, 0.1) is 23.7 Å². The largest absolute Gasteiger partial charge is 0.444 e. The summed E-state index contributed by atoms with van der Waals surface area (Å²) in [4.78, 5) is 57.2. The quantitative estimate of drug-likeness (QED) is 0.153. The van der Waals surface area contributed by atoms with Crippen LogP contribution >= 0.6 is 15.9 Å². The third kappa shape index (κ3) is 4.96. The monoisotopic (exact) mass is 702 g/mol. The summed E-state index contributed by atoms with van der Waals surface area (Å²) in [5.74, 6) is -1.18. The highest BCUT2D eigenvalue weighted by Crippen LogP contribution is 2.77. The number of nitrogens with one attached hydrogen (secondary N) is 1. The lowest BCUT2D eigenvalue weighted by molar-refractivity contribution is -0.144. The van der Waals surface area contributed by atoms with E-state index in [0.29, 0.717) is 25.2 Å². The Bertz CT molecular complexity index is 1780. The Morgan fingerprint density at radius 3 is 2.13 bits per heavy atom. The number of ketones is 1. The molecule has 11 heteroatoms. The Morgan fingerprint density at radius 2 is 1.57 bits per heavy atom. The predicted octanol–water partition coefficient (Wildman–Crippen LogP) is 6.45. The molecule has 3 aromatic rings. The minimum absolute atomic E-state index is 0.128. The molecule has 1 aromatic heterocycles. The highest BCUT2D eigenvalue weighted by atomic mass is 79.9. The number of benzene rings is 2. The normalized spacial score (nSPS) is 27.4. The van der Waals surface area contributed by atoms with Crippen LogP contribution in [0.1, 0.15) is 82.8 Å². The fourth-order valence-corrected chi connectivity index (χ4v) is 9.09. The number of carbonyl (C=O) groups is 4. The number of ether oxygens (including phenoxy) is 1. The Hall–Kier alpha value is -4.12. The molecule has 47 heavy (non-hydrogen) atoms. The fourth-order valence-electron chi connectivity index (χ4n) is 7.85. The molecule has 6 rings (SSSR count). The number of Topliss-reactive ketones (excluding diaryl/α,β-unsaturated/α-hetero) is 1. The first-order chi connectivity index (χ1) is 22.2. The van der Waals surface area contributed by atoms with Crippen molar-refractivity contribution in [2.24, 2.45) is 16.7 Å². The number of alkyl carbamates (subject to hydrolysis) is 1. The van der Waals surface area contributed by atoms with E-state index in [0.717, 1.165) is 22.3 Å². The van der Waals surface area contributed by atoms with Gasteiger partial charge in [-0.05, 0) is 76.2 Å². The number of fused-ring (bicyclic) bond motifs is 5. The maximum absolute atomic E-state index is 14.6. The third-order valence-corrected chi connectivity index (χ3v) is 11.3. The van der Waals surface area contributed by atoms with E-state index in [1.807, 2.05) is 74.5 Å². The van der Waals surface area contributed by atoms with Gasteiger partial charge in [-0.2, -0.15) is 0 Å². The SMILES string of the molecule is Cc1nnc(C(CCCCN2C(=O)C3C4(C)C(=O)C(C)(C(c5ccccc5)=C4c4ccccc4)C3(Br)C2=O)NC(=O)OC(C)(C)C)o1. The molecule has 5 atom stereocenters. The lowest BCUT2D eigenvalue weighted by atomic mass is 9.63. The van der Waals surface area contributed by atoms with E-state index in [-0.39, 0.29) is 24.1 Å². The van der Waals surface area contributed by atoms with Gasteiger partial charge in [0.1, 0.15) is 16.0 Å². The molecule has 2 bridgehead atoms. The predicted molar refractivity (Wildman–Crippen MR) is 178 cm³/mol. The smallest absolute Gasteiger partial charge is 0.408 e. The van der Waals surface area contributed by atoms with Crippen molar-refractivity contribution in [3.63, 3.8) is 0 Å². The summed E-state index contributed by atoms with van der Waals surface area (Å²) >= 11 is 3.81. The number of alkyl halides is 1. The standard InChI is InChI=1S/C36H39BrN4O6/c1-21-39-40-28(46-21)24(38-32(45)47-33(2,3)4)19-13-14-20-41-29(42)27-34(5)25(22-15-9-7-10-16-22)26(23-17-11-8-12-18-23)35(6,30(34)43)36(27,37)31(41)44/h7-12,15-18,24,27H,13-14,19-20H2,1-6H3,(H,38,45). The van der Waals surface area contributed by atoms with Crippen molar-refractivity contribution in [3.8, 4) is 0 Å². The number of hydrogen-bond donors (Lipinski definition) is 1. The summed E-state index contributed by atoms with van der Waals surface area (Å²) in [5, 5.41) is 10.8. The Morgan fingerprint density at radius 1 is 0.979 bits per heavy atom. The molecule has 2 fully saturated rings. The second kappa shape index (κ2) is 11.5. The van der Waals surface area contributed by atoms with Crippen molar-refractivity contribution < 1.29 is 28.3 Å². The van der Waals surface area contributed by atoms with Crippen LogP contribution < -0.4 is 5.32 Å². The average molecular weight is 704 g/mol. The van der Waals surface area contributed by atoms with Crippen molar-refractivity contribution in [2.75, 3.05) is 6.54 Å². The summed E-state index contributed by atoms with van der Waals surface area (Å²) in [7, 11) is 0. The molecule has 2 aromatic carbocycles. The Labute approximate surface area is 282 Å². The van der Waals surface area contributed by atoms with E-state index >= 15 is 0 Å². The van der Waals surface area contributed by atoms with Crippen molar-refractivity contribution in [1.82, 2.24) is 20.4 Å². The first-order valence-electron chi connectivity index (χ1n) is 15.9. The number of halogens is 1. The van der Waals surface area contributed by atoms with Crippen molar-refractivity contribution >= 4 is 50.8 Å². The highest BCUT2D eigenvalue weighted by molar-refractivity contribution is 9.10. The first kappa shape index (κ1) is 32.8. The van der Waals surface area contributed by atoms with Crippen LogP contribution in [-0.4, -0.2) is 55.3 Å². The zero-order valence-corrected chi connectivity index (χ0v) is 29.0. The molecule has 1 N–H and O–H groups in total. The minimum Gasteiger partial charge on any atom is -0.444 e. The number of unbranched alkanes of at least 4 members (excludes halogenated alkanes) is 1. The van der Waals surface area contributed by atoms with E-state index in [2.05, 4.69) is 31.4 Å². The number of rotatable bonds is 9.